The van der Waals surface area contributed by atoms with Crippen molar-refractivity contribution in [2.24, 2.45) is 0 Å². The third-order valence-corrected chi connectivity index (χ3v) is 10.7. The van der Waals surface area contributed by atoms with Crippen molar-refractivity contribution < 1.29 is 47.1 Å². The average molecular weight is 683 g/mol. The Morgan fingerprint density at radius 1 is 0.395 bits per heavy atom. The van der Waals surface area contributed by atoms with Crippen LogP contribution in [0.25, 0.3) is 0 Å². The zero-order valence-electron chi connectivity index (χ0n) is 24.6. The summed E-state index contributed by atoms with van der Waals surface area (Å²) in [4.78, 5) is 0. The van der Waals surface area contributed by atoms with Crippen molar-refractivity contribution in [2.45, 2.75) is 38.9 Å². The number of ether oxygens (including phenoxy) is 9. The summed E-state index contributed by atoms with van der Waals surface area (Å²) in [7, 11) is -1.69. The molecule has 0 rings (SSSR count). The highest BCUT2D eigenvalue weighted by Gasteiger charge is 2.36. The van der Waals surface area contributed by atoms with E-state index in [1.807, 2.05) is 0 Å². The third kappa shape index (κ3) is 26.8. The van der Waals surface area contributed by atoms with Gasteiger partial charge in [0.1, 0.15) is 0 Å². The van der Waals surface area contributed by atoms with Crippen LogP contribution in [0.1, 0.15) is 20.8 Å². The van der Waals surface area contributed by atoms with Gasteiger partial charge in [-0.2, -0.15) is 0 Å². The quantitative estimate of drug-likeness (QED) is 0.0485. The van der Waals surface area contributed by atoms with Gasteiger partial charge in [-0.05, 0) is 18.1 Å². The Kier molecular flexibility index (Phi) is 28.1. The Morgan fingerprint density at radius 3 is 0.816 bits per heavy atom. The monoisotopic (exact) mass is 682 g/mol. The van der Waals surface area contributed by atoms with Gasteiger partial charge >= 0.3 is 0 Å². The molecule has 0 aliphatic heterocycles. The van der Waals surface area contributed by atoms with E-state index in [0.717, 1.165) is 11.0 Å². The summed E-state index contributed by atoms with van der Waals surface area (Å²) in [5.74, 6) is 0. The molecule has 0 heterocycles. The lowest BCUT2D eigenvalue weighted by Crippen LogP contribution is -2.41. The molecule has 0 aromatic carbocycles. The lowest BCUT2D eigenvalue weighted by Gasteiger charge is -2.36. The number of hydrogen-bond donors (Lipinski definition) is 0. The minimum Gasteiger partial charge on any atom is -0.414 e. The minimum atomic E-state index is -1.69. The van der Waals surface area contributed by atoms with Crippen molar-refractivity contribution in [3.8, 4) is 0 Å². The summed E-state index contributed by atoms with van der Waals surface area (Å²) in [6, 6.07) is 0. The van der Waals surface area contributed by atoms with E-state index in [0.29, 0.717) is 119 Å². The lowest BCUT2D eigenvalue weighted by atomic mass is 10.2. The van der Waals surface area contributed by atoms with Crippen LogP contribution in [-0.4, -0.2) is 138 Å². The molecule has 0 N–H and O–H groups in total. The second-order valence-corrected chi connectivity index (χ2v) is 15.7. The summed E-state index contributed by atoms with van der Waals surface area (Å²) >= 11 is 2.28. The molecular weight excluding hydrogens is 627 g/mol. The van der Waals surface area contributed by atoms with Crippen molar-refractivity contribution in [1.82, 2.24) is 0 Å². The zero-order chi connectivity index (χ0) is 28.2. The highest BCUT2D eigenvalue weighted by Crippen LogP contribution is 2.36. The number of alkyl halides is 1. The van der Waals surface area contributed by atoms with Crippen LogP contribution in [0, 0.1) is 0 Å². The lowest BCUT2D eigenvalue weighted by molar-refractivity contribution is -0.0252. The minimum absolute atomic E-state index is 0.223. The molecule has 12 heteroatoms. The highest BCUT2D eigenvalue weighted by atomic mass is 127. The Morgan fingerprint density at radius 2 is 0.605 bits per heavy atom. The van der Waals surface area contributed by atoms with Gasteiger partial charge in [0.2, 0.25) is 0 Å². The molecule has 0 aromatic rings. The predicted molar refractivity (Wildman–Crippen MR) is 159 cm³/mol. The van der Waals surface area contributed by atoms with Crippen LogP contribution in [0.5, 0.6) is 0 Å². The first kappa shape index (κ1) is 38.5. The van der Waals surface area contributed by atoms with Crippen LogP contribution in [0.3, 0.4) is 0 Å². The first-order valence-corrected chi connectivity index (χ1v) is 18.1. The van der Waals surface area contributed by atoms with Gasteiger partial charge in [-0.1, -0.05) is 43.4 Å². The average Bonchev–Trinajstić information content (AvgIpc) is 2.87. The first-order chi connectivity index (χ1) is 18.3. The molecule has 0 amide bonds. The second kappa shape index (κ2) is 27.7. The summed E-state index contributed by atoms with van der Waals surface area (Å²) in [5.41, 5.74) is 0. The van der Waals surface area contributed by atoms with Gasteiger partial charge in [-0.25, -0.2) is 0 Å². The summed E-state index contributed by atoms with van der Waals surface area (Å²) in [6.45, 7) is 22.1. The largest absolute Gasteiger partial charge is 0.414 e. The maximum atomic E-state index is 6.07. The Hall–Kier alpha value is 0.547. The standard InChI is InChI=1S/C26H55IO10Si/c1-26(2,3)38(4,5)37-25-24-36-23-22-35-21-20-34-19-18-33-17-16-32-15-14-31-13-12-30-11-10-29-9-8-28-7-6-27/h6-25H2,1-5H3. The fourth-order valence-corrected chi connectivity index (χ4v) is 3.83. The van der Waals surface area contributed by atoms with Gasteiger partial charge in [0, 0.05) is 4.43 Å². The van der Waals surface area contributed by atoms with Gasteiger partial charge in [0.25, 0.3) is 0 Å². The molecule has 0 unspecified atom stereocenters. The molecule has 0 saturated heterocycles. The zero-order valence-corrected chi connectivity index (χ0v) is 27.8. The third-order valence-electron chi connectivity index (χ3n) is 5.69. The predicted octanol–water partition coefficient (Wildman–Crippen LogP) is 3.59. The summed E-state index contributed by atoms with van der Waals surface area (Å²) < 4.78 is 56.2. The maximum absolute atomic E-state index is 6.07. The van der Waals surface area contributed by atoms with Crippen LogP contribution < -0.4 is 0 Å². The maximum Gasteiger partial charge on any atom is 0.192 e. The van der Waals surface area contributed by atoms with E-state index in [1.165, 1.54) is 0 Å². The van der Waals surface area contributed by atoms with Gasteiger partial charge in [0.15, 0.2) is 8.32 Å². The van der Waals surface area contributed by atoms with E-state index < -0.39 is 8.32 Å². The van der Waals surface area contributed by atoms with Crippen LogP contribution in [-0.2, 0) is 47.1 Å². The van der Waals surface area contributed by atoms with Crippen LogP contribution in [0.2, 0.25) is 18.1 Å². The normalized spacial score (nSPS) is 12.5. The van der Waals surface area contributed by atoms with Gasteiger partial charge in [-0.15, -0.1) is 0 Å². The summed E-state index contributed by atoms with van der Waals surface area (Å²) in [6.07, 6.45) is 0. The highest BCUT2D eigenvalue weighted by molar-refractivity contribution is 14.1. The molecule has 230 valence electrons. The molecule has 10 nitrogen and oxygen atoms in total. The smallest absolute Gasteiger partial charge is 0.192 e. The van der Waals surface area contributed by atoms with Gasteiger partial charge in [0.05, 0.1) is 126 Å². The fourth-order valence-electron chi connectivity index (χ4n) is 2.49. The SMILES string of the molecule is CC(C)(C)[Si](C)(C)OCCOCCOCCOCCOCCOCCOCCOCCOCCOCCI. The molecule has 0 aliphatic rings. The summed E-state index contributed by atoms with van der Waals surface area (Å²) in [5, 5.41) is 0.223. The second-order valence-electron chi connectivity index (χ2n) is 9.81. The molecule has 0 spiro atoms. The van der Waals surface area contributed by atoms with Crippen LogP contribution in [0.4, 0.5) is 0 Å². The molecule has 0 radical (unpaired) electrons. The Balaban J connectivity index is 3.13. The van der Waals surface area contributed by atoms with Crippen molar-refractivity contribution in [2.75, 3.05) is 130 Å². The molecule has 0 aromatic heterocycles. The first-order valence-electron chi connectivity index (χ1n) is 13.7. The molecule has 0 fully saturated rings. The van der Waals surface area contributed by atoms with E-state index in [9.17, 15) is 0 Å². The molecule has 0 aliphatic carbocycles. The van der Waals surface area contributed by atoms with Crippen molar-refractivity contribution in [3.05, 3.63) is 0 Å². The molecule has 0 atom stereocenters. The Labute approximate surface area is 246 Å². The van der Waals surface area contributed by atoms with Crippen molar-refractivity contribution in [1.29, 1.82) is 0 Å². The van der Waals surface area contributed by atoms with E-state index in [2.05, 4.69) is 56.5 Å². The van der Waals surface area contributed by atoms with E-state index in [-0.39, 0.29) is 5.04 Å². The van der Waals surface area contributed by atoms with Crippen molar-refractivity contribution in [3.63, 3.8) is 0 Å². The van der Waals surface area contributed by atoms with Gasteiger partial charge < -0.3 is 47.1 Å². The number of rotatable bonds is 30. The van der Waals surface area contributed by atoms with Crippen LogP contribution >= 0.6 is 22.6 Å². The van der Waals surface area contributed by atoms with E-state index >= 15 is 0 Å². The van der Waals surface area contributed by atoms with E-state index in [1.54, 1.807) is 0 Å². The molecule has 0 bridgehead atoms. The Bertz CT molecular complexity index is 483. The number of hydrogen-bond acceptors (Lipinski definition) is 10. The van der Waals surface area contributed by atoms with Gasteiger partial charge in [-0.3, -0.25) is 0 Å². The molecule has 38 heavy (non-hydrogen) atoms. The van der Waals surface area contributed by atoms with Crippen LogP contribution in [0.15, 0.2) is 0 Å². The topological polar surface area (TPSA) is 92.3 Å². The molecular formula is C26H55IO10Si. The van der Waals surface area contributed by atoms with Crippen molar-refractivity contribution >= 4 is 30.9 Å². The van der Waals surface area contributed by atoms with E-state index in [4.69, 9.17) is 47.1 Å². The molecule has 0 saturated carbocycles. The fraction of sp³-hybridized carbons (Fsp3) is 1.00. The number of halogens is 1.